The Labute approximate surface area is 178 Å². The summed E-state index contributed by atoms with van der Waals surface area (Å²) in [7, 11) is -1.11. The number of piperidine rings is 1. The van der Waals surface area contributed by atoms with Gasteiger partial charge in [-0.05, 0) is 25.0 Å². The Morgan fingerprint density at radius 1 is 1.33 bits per heavy atom. The number of carbonyl (C=O) groups excluding carboxylic acids is 2. The summed E-state index contributed by atoms with van der Waals surface area (Å²) < 4.78 is 7.70. The molecule has 1 saturated heterocycles. The van der Waals surface area contributed by atoms with Crippen molar-refractivity contribution in [3.63, 3.8) is 0 Å². The number of carbonyl (C=O) groups is 2. The molecule has 1 unspecified atom stereocenters. The molecule has 1 fully saturated rings. The highest BCUT2D eigenvalue weighted by Gasteiger charge is 2.23. The smallest absolute Gasteiger partial charge is 0.320 e. The van der Waals surface area contributed by atoms with Gasteiger partial charge in [0.25, 0.3) is 0 Å². The van der Waals surface area contributed by atoms with Crippen LogP contribution in [0.5, 0.6) is 0 Å². The van der Waals surface area contributed by atoms with Gasteiger partial charge in [0, 0.05) is 46.9 Å². The molecule has 1 aliphatic heterocycles. The molecule has 3 amide bonds. The van der Waals surface area contributed by atoms with Crippen LogP contribution in [0, 0.1) is 0 Å². The van der Waals surface area contributed by atoms with Gasteiger partial charge in [-0.2, -0.15) is 0 Å². The number of nitrogens with one attached hydrogen (secondary N) is 2. The summed E-state index contributed by atoms with van der Waals surface area (Å²) in [5.74, 6) is 0.420. The summed E-state index contributed by atoms with van der Waals surface area (Å²) in [6.45, 7) is 11.0. The molecule has 1 atom stereocenters. The predicted octanol–water partition coefficient (Wildman–Crippen LogP) is 2.88. The van der Waals surface area contributed by atoms with E-state index in [2.05, 4.69) is 40.2 Å². The third-order valence-electron chi connectivity index (χ3n) is 5.13. The minimum Gasteiger partial charge on any atom is -0.361 e. The van der Waals surface area contributed by atoms with E-state index in [4.69, 9.17) is 4.74 Å². The lowest BCUT2D eigenvalue weighted by Gasteiger charge is -2.32. The van der Waals surface area contributed by atoms with Crippen LogP contribution in [0.25, 0.3) is 11.2 Å². The molecule has 164 valence electrons. The second-order valence-corrected chi connectivity index (χ2v) is 14.6. The van der Waals surface area contributed by atoms with Crippen LogP contribution < -0.4 is 10.6 Å². The minimum atomic E-state index is -1.11. The summed E-state index contributed by atoms with van der Waals surface area (Å²) >= 11 is 0. The number of anilines is 1. The monoisotopic (exact) mass is 432 g/mol. The normalized spacial score (nSPS) is 17.2. The second-order valence-electron chi connectivity index (χ2n) is 9.00. The second kappa shape index (κ2) is 9.56. The van der Waals surface area contributed by atoms with Crippen LogP contribution in [-0.2, 0) is 16.3 Å². The van der Waals surface area contributed by atoms with Crippen LogP contribution in [0.15, 0.2) is 18.5 Å². The number of rotatable bonds is 7. The van der Waals surface area contributed by atoms with E-state index in [-0.39, 0.29) is 18.0 Å². The van der Waals surface area contributed by atoms with Crippen LogP contribution in [0.3, 0.4) is 0 Å². The number of ether oxygens (including phenoxy) is 1. The Balaban J connectivity index is 1.53. The molecule has 0 radical (unpaired) electrons. The summed E-state index contributed by atoms with van der Waals surface area (Å²) in [4.78, 5) is 34.6. The molecule has 0 bridgehead atoms. The Morgan fingerprint density at radius 3 is 2.87 bits per heavy atom. The molecular formula is C20H32N6O3Si. The lowest BCUT2D eigenvalue weighted by atomic mass is 10.1. The molecule has 3 heterocycles. The number of hydrogen-bond donors (Lipinski definition) is 2. The molecule has 3 rings (SSSR count). The summed E-state index contributed by atoms with van der Waals surface area (Å²) in [6.07, 6.45) is 5.16. The SMILES string of the molecule is CC(=O)N1CCCC(NC(=O)Nc2cnc3c(ccn3COCC[Si](C)(C)C)n2)C1. The zero-order valence-corrected chi connectivity index (χ0v) is 19.3. The maximum atomic E-state index is 12.3. The third-order valence-corrected chi connectivity index (χ3v) is 6.84. The van der Waals surface area contributed by atoms with Gasteiger partial charge in [-0.25, -0.2) is 14.8 Å². The lowest BCUT2D eigenvalue weighted by Crippen LogP contribution is -2.50. The molecule has 2 N–H and O–H groups in total. The zero-order chi connectivity index (χ0) is 21.7. The van der Waals surface area contributed by atoms with Crippen LogP contribution in [0.1, 0.15) is 19.8 Å². The molecule has 0 aliphatic carbocycles. The first-order valence-electron chi connectivity index (χ1n) is 10.4. The Kier molecular flexibility index (Phi) is 7.09. The van der Waals surface area contributed by atoms with Gasteiger partial charge in [-0.1, -0.05) is 19.6 Å². The molecule has 2 aromatic rings. The molecule has 1 aliphatic rings. The van der Waals surface area contributed by atoms with Crippen LogP contribution in [0.4, 0.5) is 10.6 Å². The van der Waals surface area contributed by atoms with Gasteiger partial charge in [0.05, 0.1) is 6.20 Å². The van der Waals surface area contributed by atoms with Crippen molar-refractivity contribution >= 4 is 37.0 Å². The van der Waals surface area contributed by atoms with Crippen LogP contribution >= 0.6 is 0 Å². The largest absolute Gasteiger partial charge is 0.361 e. The van der Waals surface area contributed by atoms with Crippen molar-refractivity contribution in [1.29, 1.82) is 0 Å². The molecule has 9 nitrogen and oxygen atoms in total. The number of fused-ring (bicyclic) bond motifs is 1. The van der Waals surface area contributed by atoms with Gasteiger partial charge in [-0.15, -0.1) is 0 Å². The fraction of sp³-hybridized carbons (Fsp3) is 0.600. The van der Waals surface area contributed by atoms with Crippen LogP contribution in [-0.4, -0.2) is 65.2 Å². The van der Waals surface area contributed by atoms with E-state index >= 15 is 0 Å². The maximum absolute atomic E-state index is 12.3. The topological polar surface area (TPSA) is 101 Å². The standard InChI is InChI=1S/C20H32N6O3Si/c1-15(27)25-8-5-6-16(13-25)22-20(28)24-18-12-21-19-17(23-18)7-9-26(19)14-29-10-11-30(2,3)4/h7,9,12,16H,5-6,8,10-11,13-14H2,1-4H3,(H2,22,23,24,28). The van der Waals surface area contributed by atoms with Gasteiger partial charge < -0.3 is 19.5 Å². The lowest BCUT2D eigenvalue weighted by molar-refractivity contribution is -0.130. The first-order chi connectivity index (χ1) is 14.2. The van der Waals surface area contributed by atoms with Crippen molar-refractivity contribution in [2.45, 2.75) is 58.2 Å². The molecule has 0 spiro atoms. The summed E-state index contributed by atoms with van der Waals surface area (Å²) in [6, 6.07) is 2.58. The zero-order valence-electron chi connectivity index (χ0n) is 18.3. The molecule has 30 heavy (non-hydrogen) atoms. The highest BCUT2D eigenvalue weighted by molar-refractivity contribution is 6.76. The fourth-order valence-electron chi connectivity index (χ4n) is 3.39. The van der Waals surface area contributed by atoms with Crippen molar-refractivity contribution in [3.8, 4) is 0 Å². The van der Waals surface area contributed by atoms with Crippen molar-refractivity contribution in [2.75, 3.05) is 25.0 Å². The van der Waals surface area contributed by atoms with E-state index in [1.54, 1.807) is 18.0 Å². The van der Waals surface area contributed by atoms with Gasteiger partial charge >= 0.3 is 6.03 Å². The number of nitrogens with zero attached hydrogens (tertiary/aromatic N) is 4. The van der Waals surface area contributed by atoms with Crippen molar-refractivity contribution in [2.24, 2.45) is 0 Å². The molecule has 0 aromatic carbocycles. The molecule has 0 saturated carbocycles. The van der Waals surface area contributed by atoms with E-state index in [0.717, 1.165) is 37.7 Å². The minimum absolute atomic E-state index is 0.0344. The van der Waals surface area contributed by atoms with E-state index in [9.17, 15) is 9.59 Å². The third kappa shape index (κ3) is 6.27. The Morgan fingerprint density at radius 2 is 2.13 bits per heavy atom. The van der Waals surface area contributed by atoms with Crippen molar-refractivity contribution in [1.82, 2.24) is 24.8 Å². The molecular weight excluding hydrogens is 400 g/mol. The van der Waals surface area contributed by atoms with Gasteiger partial charge in [0.15, 0.2) is 11.5 Å². The first kappa shape index (κ1) is 22.2. The molecule has 2 aromatic heterocycles. The summed E-state index contributed by atoms with van der Waals surface area (Å²) in [5, 5.41) is 5.66. The number of hydrogen-bond acceptors (Lipinski definition) is 5. The Hall–Kier alpha value is -2.46. The Bertz CT molecular complexity index is 894. The fourth-order valence-corrected chi connectivity index (χ4v) is 4.14. The number of urea groups is 1. The van der Waals surface area contributed by atoms with E-state index < -0.39 is 8.07 Å². The van der Waals surface area contributed by atoms with Crippen molar-refractivity contribution in [3.05, 3.63) is 18.5 Å². The van der Waals surface area contributed by atoms with Gasteiger partial charge in [0.1, 0.15) is 12.2 Å². The van der Waals surface area contributed by atoms with Gasteiger partial charge in [0.2, 0.25) is 5.91 Å². The van der Waals surface area contributed by atoms with E-state index in [0.29, 0.717) is 24.6 Å². The highest BCUT2D eigenvalue weighted by Crippen LogP contribution is 2.15. The number of likely N-dealkylation sites (tertiary alicyclic amines) is 1. The van der Waals surface area contributed by atoms with Crippen LogP contribution in [0.2, 0.25) is 25.7 Å². The predicted molar refractivity (Wildman–Crippen MR) is 119 cm³/mol. The average molecular weight is 433 g/mol. The first-order valence-corrected chi connectivity index (χ1v) is 14.1. The molecule has 10 heteroatoms. The highest BCUT2D eigenvalue weighted by atomic mass is 28.3. The quantitative estimate of drug-likeness (QED) is 0.517. The van der Waals surface area contributed by atoms with Crippen molar-refractivity contribution < 1.29 is 14.3 Å². The average Bonchev–Trinajstić information content (AvgIpc) is 3.07. The number of aromatic nitrogens is 3. The van der Waals surface area contributed by atoms with Gasteiger partial charge in [-0.3, -0.25) is 10.1 Å². The number of amides is 3. The summed E-state index contributed by atoms with van der Waals surface area (Å²) in [5.41, 5.74) is 1.42. The van der Waals surface area contributed by atoms with E-state index in [1.165, 1.54) is 0 Å². The van der Waals surface area contributed by atoms with E-state index in [1.807, 2.05) is 16.8 Å². The maximum Gasteiger partial charge on any atom is 0.320 e.